The summed E-state index contributed by atoms with van der Waals surface area (Å²) in [4.78, 5) is 40.0. The summed E-state index contributed by atoms with van der Waals surface area (Å²) in [5, 5.41) is 0. The fourth-order valence-corrected chi connectivity index (χ4v) is 3.35. The topological polar surface area (TPSA) is 79.5 Å². The van der Waals surface area contributed by atoms with Gasteiger partial charge in [0, 0.05) is 24.8 Å². The highest BCUT2D eigenvalue weighted by atomic mass is 16.5. The van der Waals surface area contributed by atoms with Gasteiger partial charge in [-0.15, -0.1) is 0 Å². The molecule has 1 aliphatic rings. The van der Waals surface area contributed by atoms with Crippen molar-refractivity contribution < 1.29 is 19.1 Å². The summed E-state index contributed by atoms with van der Waals surface area (Å²) in [6, 6.07) is 11.8. The maximum absolute atomic E-state index is 12.3. The molecule has 0 unspecified atom stereocenters. The van der Waals surface area contributed by atoms with Crippen molar-refractivity contribution in [2.24, 2.45) is 5.92 Å². The van der Waals surface area contributed by atoms with Crippen LogP contribution in [0.5, 0.6) is 0 Å². The van der Waals surface area contributed by atoms with Crippen molar-refractivity contribution in [2.75, 3.05) is 19.7 Å². The van der Waals surface area contributed by atoms with Gasteiger partial charge in [-0.2, -0.15) is 0 Å². The second-order valence-electron chi connectivity index (χ2n) is 6.95. The zero-order chi connectivity index (χ0) is 19.2. The Labute approximate surface area is 158 Å². The first-order chi connectivity index (χ1) is 13.0. The van der Waals surface area contributed by atoms with E-state index in [9.17, 15) is 14.4 Å². The Bertz CT molecular complexity index is 805. The largest absolute Gasteiger partial charge is 0.451 e. The molecule has 6 nitrogen and oxygen atoms in total. The molecule has 1 aliphatic heterocycles. The molecule has 1 fully saturated rings. The fraction of sp³-hybridized carbons (Fsp3) is 0.381. The van der Waals surface area contributed by atoms with Gasteiger partial charge in [0.2, 0.25) is 0 Å². The number of H-pyrrole nitrogens is 1. The number of aromatic amines is 1. The summed E-state index contributed by atoms with van der Waals surface area (Å²) < 4.78 is 5.09. The molecule has 3 rings (SSSR count). The van der Waals surface area contributed by atoms with Crippen molar-refractivity contribution in [3.63, 3.8) is 0 Å². The lowest BCUT2D eigenvalue weighted by Gasteiger charge is -2.32. The maximum Gasteiger partial charge on any atom is 0.355 e. The molecule has 1 saturated heterocycles. The smallest absolute Gasteiger partial charge is 0.355 e. The molecule has 1 N–H and O–H groups in total. The minimum atomic E-state index is -0.630. The van der Waals surface area contributed by atoms with E-state index >= 15 is 0 Å². The number of nitrogens with zero attached hydrogens (tertiary/aromatic N) is 1. The molecule has 0 aliphatic carbocycles. The molecule has 1 aromatic heterocycles. The number of Topliss-reactive ketones (excluding diaryl/α,β-unsaturated/α-hetero) is 1. The summed E-state index contributed by atoms with van der Waals surface area (Å²) in [6.07, 6.45) is 4.39. The molecular weight excluding hydrogens is 344 g/mol. The van der Waals surface area contributed by atoms with E-state index in [0.717, 1.165) is 19.3 Å². The number of carbonyl (C=O) groups is 3. The molecule has 2 heterocycles. The lowest BCUT2D eigenvalue weighted by Crippen LogP contribution is -2.41. The van der Waals surface area contributed by atoms with Crippen LogP contribution >= 0.6 is 0 Å². The predicted octanol–water partition coefficient (Wildman–Crippen LogP) is 2.86. The molecule has 1 aromatic carbocycles. The highest BCUT2D eigenvalue weighted by molar-refractivity contribution is 5.97. The monoisotopic (exact) mass is 368 g/mol. The van der Waals surface area contributed by atoms with Crippen molar-refractivity contribution in [2.45, 2.75) is 26.2 Å². The van der Waals surface area contributed by atoms with Crippen LogP contribution in [0.4, 0.5) is 0 Å². The van der Waals surface area contributed by atoms with E-state index in [0.29, 0.717) is 24.6 Å². The van der Waals surface area contributed by atoms with Gasteiger partial charge in [-0.25, -0.2) is 4.79 Å². The lowest BCUT2D eigenvalue weighted by atomic mass is 9.90. The quantitative estimate of drug-likeness (QED) is 0.628. The molecular formula is C21H24N2O4. The Morgan fingerprint density at radius 3 is 2.48 bits per heavy atom. The molecule has 0 spiro atoms. The van der Waals surface area contributed by atoms with Crippen LogP contribution in [0, 0.1) is 5.92 Å². The Morgan fingerprint density at radius 2 is 1.85 bits per heavy atom. The number of amides is 1. The first-order valence-corrected chi connectivity index (χ1v) is 9.21. The van der Waals surface area contributed by atoms with Crippen LogP contribution < -0.4 is 0 Å². The maximum atomic E-state index is 12.3. The molecule has 27 heavy (non-hydrogen) atoms. The predicted molar refractivity (Wildman–Crippen MR) is 101 cm³/mol. The summed E-state index contributed by atoms with van der Waals surface area (Å²) in [7, 11) is 0. The summed E-state index contributed by atoms with van der Waals surface area (Å²) in [6.45, 7) is 2.51. The summed E-state index contributed by atoms with van der Waals surface area (Å²) in [5.74, 6) is -0.377. The number of benzene rings is 1. The number of aromatic nitrogens is 1. The lowest BCUT2D eigenvalue weighted by molar-refractivity contribution is -0.135. The van der Waals surface area contributed by atoms with E-state index in [1.165, 1.54) is 24.8 Å². The van der Waals surface area contributed by atoms with Crippen LogP contribution in [0.15, 0.2) is 42.6 Å². The SMILES string of the molecule is CC(=O)c1c[nH]c(C(=O)OCC(=O)N2CCC(Cc3ccccc3)CC2)c1. The van der Waals surface area contributed by atoms with Crippen molar-refractivity contribution in [1.82, 2.24) is 9.88 Å². The number of piperidine rings is 1. The highest BCUT2D eigenvalue weighted by Gasteiger charge is 2.24. The zero-order valence-corrected chi connectivity index (χ0v) is 15.4. The number of esters is 1. The second kappa shape index (κ2) is 8.66. The number of carbonyl (C=O) groups excluding carboxylic acids is 3. The van der Waals surface area contributed by atoms with E-state index < -0.39 is 5.97 Å². The molecule has 0 radical (unpaired) electrons. The van der Waals surface area contributed by atoms with E-state index in [1.54, 1.807) is 4.90 Å². The van der Waals surface area contributed by atoms with Gasteiger partial charge in [-0.3, -0.25) is 9.59 Å². The molecule has 142 valence electrons. The number of rotatable bonds is 6. The third-order valence-corrected chi connectivity index (χ3v) is 4.97. The van der Waals surface area contributed by atoms with Gasteiger partial charge in [0.05, 0.1) is 0 Å². The molecule has 0 saturated carbocycles. The molecule has 2 aromatic rings. The van der Waals surface area contributed by atoms with E-state index in [-0.39, 0.29) is 24.0 Å². The third kappa shape index (κ3) is 5.06. The van der Waals surface area contributed by atoms with Gasteiger partial charge >= 0.3 is 5.97 Å². The van der Waals surface area contributed by atoms with Gasteiger partial charge in [-0.05, 0) is 43.7 Å². The molecule has 0 atom stereocenters. The second-order valence-corrected chi connectivity index (χ2v) is 6.95. The van der Waals surface area contributed by atoms with Crippen molar-refractivity contribution in [3.8, 4) is 0 Å². The Balaban J connectivity index is 1.42. The Kier molecular flexibility index (Phi) is 6.06. The zero-order valence-electron chi connectivity index (χ0n) is 15.4. The summed E-state index contributed by atoms with van der Waals surface area (Å²) in [5.41, 5.74) is 1.91. The standard InChI is InChI=1S/C21H24N2O4/c1-15(24)18-12-19(22-13-18)21(26)27-14-20(25)23-9-7-17(8-10-23)11-16-5-3-2-4-6-16/h2-6,12-13,17,22H,7-11,14H2,1H3. The number of hydrogen-bond acceptors (Lipinski definition) is 4. The number of hydrogen-bond donors (Lipinski definition) is 1. The fourth-order valence-electron chi connectivity index (χ4n) is 3.35. The third-order valence-electron chi connectivity index (χ3n) is 4.97. The average molecular weight is 368 g/mol. The van der Waals surface area contributed by atoms with E-state index in [2.05, 4.69) is 17.1 Å². The molecule has 0 bridgehead atoms. The van der Waals surface area contributed by atoms with Crippen LogP contribution in [0.1, 0.15) is 46.2 Å². The Hall–Kier alpha value is -2.89. The van der Waals surface area contributed by atoms with Crippen LogP contribution in [0.3, 0.4) is 0 Å². The van der Waals surface area contributed by atoms with Crippen LogP contribution in [-0.4, -0.2) is 47.2 Å². The highest BCUT2D eigenvalue weighted by Crippen LogP contribution is 2.21. The van der Waals surface area contributed by atoms with Crippen molar-refractivity contribution in [1.29, 1.82) is 0 Å². The van der Waals surface area contributed by atoms with Gasteiger partial charge in [0.25, 0.3) is 5.91 Å². The minimum absolute atomic E-state index is 0.139. The first-order valence-electron chi connectivity index (χ1n) is 9.21. The van der Waals surface area contributed by atoms with Crippen LogP contribution in [0.25, 0.3) is 0 Å². The van der Waals surface area contributed by atoms with Gasteiger partial charge in [0.15, 0.2) is 12.4 Å². The number of ketones is 1. The summed E-state index contributed by atoms with van der Waals surface area (Å²) >= 11 is 0. The average Bonchev–Trinajstić information content (AvgIpc) is 3.18. The van der Waals surface area contributed by atoms with Crippen molar-refractivity contribution >= 4 is 17.7 Å². The van der Waals surface area contributed by atoms with Gasteiger partial charge in [-0.1, -0.05) is 30.3 Å². The van der Waals surface area contributed by atoms with Crippen LogP contribution in [0.2, 0.25) is 0 Å². The molecule has 1 amide bonds. The first kappa shape index (κ1) is 18.9. The van der Waals surface area contributed by atoms with Gasteiger partial charge < -0.3 is 14.6 Å². The van der Waals surface area contributed by atoms with Gasteiger partial charge in [0.1, 0.15) is 5.69 Å². The molecule has 6 heteroatoms. The van der Waals surface area contributed by atoms with E-state index in [1.807, 2.05) is 18.2 Å². The normalized spacial score (nSPS) is 14.8. The van der Waals surface area contributed by atoms with E-state index in [4.69, 9.17) is 4.74 Å². The number of nitrogens with one attached hydrogen (secondary N) is 1. The van der Waals surface area contributed by atoms with Crippen molar-refractivity contribution in [3.05, 3.63) is 59.4 Å². The van der Waals surface area contributed by atoms with Crippen LogP contribution in [-0.2, 0) is 16.0 Å². The number of likely N-dealkylation sites (tertiary alicyclic amines) is 1. The number of ether oxygens (including phenoxy) is 1. The minimum Gasteiger partial charge on any atom is -0.451 e. The Morgan fingerprint density at radius 1 is 1.15 bits per heavy atom.